The van der Waals surface area contributed by atoms with Gasteiger partial charge in [-0.1, -0.05) is 6.07 Å². The van der Waals surface area contributed by atoms with Crippen molar-refractivity contribution < 1.29 is 14.3 Å². The van der Waals surface area contributed by atoms with Crippen LogP contribution in [0.2, 0.25) is 0 Å². The van der Waals surface area contributed by atoms with Crippen molar-refractivity contribution in [3.8, 4) is 11.8 Å². The van der Waals surface area contributed by atoms with Gasteiger partial charge < -0.3 is 20.5 Å². The summed E-state index contributed by atoms with van der Waals surface area (Å²) < 4.78 is 9.67. The monoisotopic (exact) mass is 249 g/mol. The minimum absolute atomic E-state index is 0.225. The second-order valence-corrected chi connectivity index (χ2v) is 3.49. The van der Waals surface area contributed by atoms with Crippen LogP contribution in [0.5, 0.6) is 5.75 Å². The molecule has 6 nitrogen and oxygen atoms in total. The van der Waals surface area contributed by atoms with Gasteiger partial charge in [-0.2, -0.15) is 5.26 Å². The average Bonchev–Trinajstić information content (AvgIpc) is 2.37. The van der Waals surface area contributed by atoms with Crippen molar-refractivity contribution in [2.24, 2.45) is 5.73 Å². The van der Waals surface area contributed by atoms with E-state index in [1.807, 2.05) is 12.1 Å². The van der Waals surface area contributed by atoms with E-state index in [2.05, 4.69) is 10.1 Å². The summed E-state index contributed by atoms with van der Waals surface area (Å²) in [6, 6.07) is 7.38. The third kappa shape index (κ3) is 4.31. The maximum atomic E-state index is 10.3. The minimum atomic E-state index is -0.781. The summed E-state index contributed by atoms with van der Waals surface area (Å²) in [5, 5.41) is 11.9. The van der Waals surface area contributed by atoms with Gasteiger partial charge in [-0.3, -0.25) is 0 Å². The van der Waals surface area contributed by atoms with Crippen molar-refractivity contribution in [1.29, 1.82) is 5.26 Å². The number of nitrogens with two attached hydrogens (primary N) is 1. The molecule has 0 spiro atoms. The molecule has 1 aromatic carbocycles. The molecule has 1 rings (SSSR count). The van der Waals surface area contributed by atoms with Crippen LogP contribution in [0, 0.1) is 11.3 Å². The van der Waals surface area contributed by atoms with Crippen molar-refractivity contribution in [3.05, 3.63) is 29.3 Å². The zero-order valence-electron chi connectivity index (χ0n) is 10.1. The Labute approximate surface area is 105 Å². The van der Waals surface area contributed by atoms with E-state index < -0.39 is 6.09 Å². The lowest BCUT2D eigenvalue weighted by Crippen LogP contribution is -2.23. The lowest BCUT2D eigenvalue weighted by atomic mass is 10.1. The maximum absolute atomic E-state index is 10.3. The predicted octanol–water partition coefficient (Wildman–Crippen LogP) is 0.752. The van der Waals surface area contributed by atoms with Crippen LogP contribution < -0.4 is 15.8 Å². The van der Waals surface area contributed by atoms with E-state index in [1.165, 1.54) is 7.11 Å². The van der Waals surface area contributed by atoms with Gasteiger partial charge in [-0.15, -0.1) is 0 Å². The number of nitriles is 1. The van der Waals surface area contributed by atoms with Crippen molar-refractivity contribution in [2.75, 3.05) is 20.3 Å². The summed E-state index contributed by atoms with van der Waals surface area (Å²) in [5.74, 6) is 0.546. The van der Waals surface area contributed by atoms with Crippen molar-refractivity contribution >= 4 is 6.09 Å². The first-order chi connectivity index (χ1) is 8.67. The molecule has 0 aliphatic carbocycles. The first-order valence-electron chi connectivity index (χ1n) is 5.37. The molecule has 0 saturated carbocycles. The van der Waals surface area contributed by atoms with E-state index in [0.717, 1.165) is 5.56 Å². The van der Waals surface area contributed by atoms with E-state index in [9.17, 15) is 4.79 Å². The number of hydrogen-bond acceptors (Lipinski definition) is 5. The Hall–Kier alpha value is -2.26. The van der Waals surface area contributed by atoms with Crippen molar-refractivity contribution in [3.63, 3.8) is 0 Å². The molecule has 0 radical (unpaired) electrons. The third-order valence-corrected chi connectivity index (χ3v) is 2.24. The normalized spacial score (nSPS) is 9.56. The second-order valence-electron chi connectivity index (χ2n) is 3.49. The molecule has 0 atom stereocenters. The van der Waals surface area contributed by atoms with Gasteiger partial charge in [-0.05, 0) is 17.7 Å². The number of hydrogen-bond donors (Lipinski definition) is 2. The lowest BCUT2D eigenvalue weighted by molar-refractivity contribution is 0.157. The number of nitrogens with zero attached hydrogens (tertiary/aromatic N) is 1. The summed E-state index contributed by atoms with van der Waals surface area (Å²) in [4.78, 5) is 10.3. The zero-order chi connectivity index (χ0) is 13.4. The van der Waals surface area contributed by atoms with E-state index in [1.54, 1.807) is 12.1 Å². The van der Waals surface area contributed by atoms with E-state index in [4.69, 9.17) is 15.7 Å². The number of methoxy groups -OCH3 is 1. The van der Waals surface area contributed by atoms with Crippen LogP contribution in [0.15, 0.2) is 18.2 Å². The Balaban J connectivity index is 2.43. The van der Waals surface area contributed by atoms with Gasteiger partial charge in [0.05, 0.1) is 12.7 Å². The first-order valence-corrected chi connectivity index (χ1v) is 5.37. The highest BCUT2D eigenvalue weighted by molar-refractivity contribution is 5.64. The van der Waals surface area contributed by atoms with E-state index in [-0.39, 0.29) is 6.61 Å². The fourth-order valence-electron chi connectivity index (χ4n) is 1.39. The number of benzene rings is 1. The highest BCUT2D eigenvalue weighted by atomic mass is 16.5. The molecule has 0 heterocycles. The predicted molar refractivity (Wildman–Crippen MR) is 65.0 cm³/mol. The van der Waals surface area contributed by atoms with Gasteiger partial charge in [0.1, 0.15) is 18.4 Å². The Morgan fingerprint density at radius 3 is 2.94 bits per heavy atom. The molecule has 0 saturated heterocycles. The number of carbonyl (C=O) groups excluding carboxylic acids is 1. The van der Waals surface area contributed by atoms with E-state index >= 15 is 0 Å². The average molecular weight is 249 g/mol. The molecule has 0 aromatic heterocycles. The summed E-state index contributed by atoms with van der Waals surface area (Å²) >= 11 is 0. The zero-order valence-corrected chi connectivity index (χ0v) is 10.1. The van der Waals surface area contributed by atoms with Gasteiger partial charge >= 0.3 is 6.09 Å². The van der Waals surface area contributed by atoms with Gasteiger partial charge in [0.15, 0.2) is 0 Å². The van der Waals surface area contributed by atoms with Crippen LogP contribution in [-0.4, -0.2) is 26.4 Å². The summed E-state index contributed by atoms with van der Waals surface area (Å²) in [7, 11) is 1.52. The first kappa shape index (κ1) is 13.8. The molecule has 6 heteroatoms. The third-order valence-electron chi connectivity index (χ3n) is 2.24. The largest absolute Gasteiger partial charge is 0.495 e. The summed E-state index contributed by atoms with van der Waals surface area (Å²) in [5.41, 5.74) is 6.29. The standard InChI is InChI=1S/C12H15N3O3/c1-17-11-6-9(2-3-10(11)7-13)8-15-4-5-18-12(14)16/h2-3,6,15H,4-5,8H2,1H3,(H2,14,16). The molecule has 0 unspecified atom stereocenters. The second kappa shape index (κ2) is 7.14. The molecular weight excluding hydrogens is 234 g/mol. The fraction of sp³-hybridized carbons (Fsp3) is 0.333. The van der Waals surface area contributed by atoms with Gasteiger partial charge in [0.25, 0.3) is 0 Å². The highest BCUT2D eigenvalue weighted by Gasteiger charge is 2.03. The molecule has 0 fully saturated rings. The molecule has 3 N–H and O–H groups in total. The maximum Gasteiger partial charge on any atom is 0.404 e. The van der Waals surface area contributed by atoms with Crippen molar-refractivity contribution in [2.45, 2.75) is 6.54 Å². The molecular formula is C12H15N3O3. The molecule has 18 heavy (non-hydrogen) atoms. The molecule has 1 amide bonds. The molecule has 0 aliphatic rings. The highest BCUT2D eigenvalue weighted by Crippen LogP contribution is 2.18. The topological polar surface area (TPSA) is 97.4 Å². The number of ether oxygens (including phenoxy) is 2. The molecule has 1 aromatic rings. The van der Waals surface area contributed by atoms with Gasteiger partial charge in [-0.25, -0.2) is 4.79 Å². The smallest absolute Gasteiger partial charge is 0.404 e. The number of carbonyl (C=O) groups is 1. The number of rotatable bonds is 6. The number of primary amides is 1. The number of amides is 1. The SMILES string of the molecule is COc1cc(CNCCOC(N)=O)ccc1C#N. The van der Waals surface area contributed by atoms with Crippen LogP contribution >= 0.6 is 0 Å². The van der Waals surface area contributed by atoms with Crippen molar-refractivity contribution in [1.82, 2.24) is 5.32 Å². The van der Waals surface area contributed by atoms with Crippen LogP contribution in [-0.2, 0) is 11.3 Å². The molecule has 96 valence electrons. The summed E-state index contributed by atoms with van der Waals surface area (Å²) in [6.07, 6.45) is -0.781. The Morgan fingerprint density at radius 2 is 2.33 bits per heavy atom. The van der Waals surface area contributed by atoms with Gasteiger partial charge in [0, 0.05) is 13.1 Å². The van der Waals surface area contributed by atoms with Crippen LogP contribution in [0.3, 0.4) is 0 Å². The van der Waals surface area contributed by atoms with E-state index in [0.29, 0.717) is 24.4 Å². The van der Waals surface area contributed by atoms with Crippen LogP contribution in [0.25, 0.3) is 0 Å². The van der Waals surface area contributed by atoms with Crippen LogP contribution in [0.4, 0.5) is 4.79 Å². The minimum Gasteiger partial charge on any atom is -0.495 e. The molecule has 0 aliphatic heterocycles. The fourth-order valence-corrected chi connectivity index (χ4v) is 1.39. The Kier molecular flexibility index (Phi) is 5.48. The van der Waals surface area contributed by atoms with Gasteiger partial charge in [0.2, 0.25) is 0 Å². The Morgan fingerprint density at radius 1 is 1.56 bits per heavy atom. The molecule has 0 bridgehead atoms. The Bertz CT molecular complexity index is 454. The summed E-state index contributed by atoms with van der Waals surface area (Å²) in [6.45, 7) is 1.32. The number of nitrogens with one attached hydrogen (secondary N) is 1. The lowest BCUT2D eigenvalue weighted by Gasteiger charge is -2.07. The van der Waals surface area contributed by atoms with Crippen LogP contribution in [0.1, 0.15) is 11.1 Å². The quantitative estimate of drug-likeness (QED) is 0.725.